The molecule has 0 unspecified atom stereocenters. The molecule has 0 fully saturated rings. The lowest BCUT2D eigenvalue weighted by Crippen LogP contribution is -2.24. The second-order valence-electron chi connectivity index (χ2n) is 6.11. The van der Waals surface area contributed by atoms with Gasteiger partial charge in [0.2, 0.25) is 0 Å². The summed E-state index contributed by atoms with van der Waals surface area (Å²) in [6.07, 6.45) is 0. The molecular formula is C19H21N3O5S. The van der Waals surface area contributed by atoms with E-state index in [1.807, 2.05) is 31.1 Å². The average molecular weight is 403 g/mol. The van der Waals surface area contributed by atoms with Crippen LogP contribution in [0.1, 0.15) is 6.92 Å². The fraction of sp³-hybridized carbons (Fsp3) is 0.263. The van der Waals surface area contributed by atoms with Crippen molar-refractivity contribution in [2.24, 2.45) is 0 Å². The van der Waals surface area contributed by atoms with Crippen LogP contribution in [-0.4, -0.2) is 42.8 Å². The highest BCUT2D eigenvalue weighted by Gasteiger charge is 2.18. The molecule has 148 valence electrons. The van der Waals surface area contributed by atoms with Gasteiger partial charge in [0.25, 0.3) is 11.6 Å². The third-order valence-corrected chi connectivity index (χ3v) is 4.80. The van der Waals surface area contributed by atoms with E-state index in [2.05, 4.69) is 5.32 Å². The smallest absolute Gasteiger partial charge is 0.319 e. The van der Waals surface area contributed by atoms with Crippen molar-refractivity contribution in [3.05, 3.63) is 58.6 Å². The largest absolute Gasteiger partial charge is 0.455 e. The molecule has 0 saturated carbocycles. The van der Waals surface area contributed by atoms with Crippen LogP contribution >= 0.6 is 11.8 Å². The number of carbonyl (C=O) groups is 2. The van der Waals surface area contributed by atoms with Crippen molar-refractivity contribution in [2.45, 2.75) is 17.1 Å². The molecule has 9 heteroatoms. The van der Waals surface area contributed by atoms with Crippen LogP contribution in [0.4, 0.5) is 17.1 Å². The number of amides is 1. The number of esters is 1. The van der Waals surface area contributed by atoms with Crippen LogP contribution in [0.2, 0.25) is 0 Å². The number of benzene rings is 2. The summed E-state index contributed by atoms with van der Waals surface area (Å²) in [6.45, 7) is 1.26. The Balaban J connectivity index is 1.80. The van der Waals surface area contributed by atoms with Gasteiger partial charge in [0, 0.05) is 42.5 Å². The van der Waals surface area contributed by atoms with E-state index >= 15 is 0 Å². The van der Waals surface area contributed by atoms with Crippen molar-refractivity contribution in [3.8, 4) is 0 Å². The van der Waals surface area contributed by atoms with Crippen LogP contribution in [0.5, 0.6) is 0 Å². The van der Waals surface area contributed by atoms with Gasteiger partial charge in [-0.15, -0.1) is 11.8 Å². The van der Waals surface area contributed by atoms with Gasteiger partial charge < -0.3 is 15.0 Å². The minimum Gasteiger partial charge on any atom is -0.455 e. The van der Waals surface area contributed by atoms with E-state index in [-0.39, 0.29) is 12.3 Å². The molecule has 0 aromatic heterocycles. The van der Waals surface area contributed by atoms with Crippen LogP contribution in [0, 0.1) is 10.1 Å². The van der Waals surface area contributed by atoms with Crippen molar-refractivity contribution in [3.63, 3.8) is 0 Å². The number of non-ortho nitro benzene ring substituents is 1. The summed E-state index contributed by atoms with van der Waals surface area (Å²) in [4.78, 5) is 36.8. The fourth-order valence-electron chi connectivity index (χ4n) is 2.19. The molecule has 1 N–H and O–H groups in total. The summed E-state index contributed by atoms with van der Waals surface area (Å²) >= 11 is 1.20. The maximum Gasteiger partial charge on any atom is 0.319 e. The van der Waals surface area contributed by atoms with E-state index < -0.39 is 22.0 Å². The molecule has 2 aromatic rings. The van der Waals surface area contributed by atoms with E-state index in [1.54, 1.807) is 31.2 Å². The SMILES string of the molecule is C[C@H](Sc1ccc([N+](=O)[O-])cc1)C(=O)OCC(=O)Nc1ccc(N(C)C)cc1. The number of hydrogen-bond acceptors (Lipinski definition) is 7. The summed E-state index contributed by atoms with van der Waals surface area (Å²) in [5, 5.41) is 12.8. The number of ether oxygens (including phenoxy) is 1. The second-order valence-corrected chi connectivity index (χ2v) is 7.52. The van der Waals surface area contributed by atoms with Gasteiger partial charge in [-0.2, -0.15) is 0 Å². The zero-order valence-electron chi connectivity index (χ0n) is 15.7. The average Bonchev–Trinajstić information content (AvgIpc) is 2.66. The minimum absolute atomic E-state index is 0.0186. The number of nitrogens with zero attached hydrogens (tertiary/aromatic N) is 2. The molecule has 0 saturated heterocycles. The highest BCUT2D eigenvalue weighted by Crippen LogP contribution is 2.26. The zero-order chi connectivity index (χ0) is 20.7. The molecule has 0 aliphatic carbocycles. The number of nitro groups is 1. The molecule has 1 atom stereocenters. The van der Waals surface area contributed by atoms with Crippen molar-refractivity contribution < 1.29 is 19.2 Å². The Labute approximate surface area is 167 Å². The van der Waals surface area contributed by atoms with Crippen molar-refractivity contribution in [1.82, 2.24) is 0 Å². The van der Waals surface area contributed by atoms with Gasteiger partial charge in [-0.25, -0.2) is 0 Å². The molecule has 2 aromatic carbocycles. The highest BCUT2D eigenvalue weighted by molar-refractivity contribution is 8.00. The van der Waals surface area contributed by atoms with E-state index in [9.17, 15) is 19.7 Å². The van der Waals surface area contributed by atoms with Gasteiger partial charge in [0.05, 0.1) is 4.92 Å². The standard InChI is InChI=1S/C19H21N3O5S/c1-13(28-17-10-8-16(9-11-17)22(25)26)19(24)27-12-18(23)20-14-4-6-15(7-5-14)21(2)3/h4-11,13H,12H2,1-3H3,(H,20,23)/t13-/m0/s1. The molecule has 2 rings (SSSR count). The van der Waals surface area contributed by atoms with Crippen LogP contribution in [-0.2, 0) is 14.3 Å². The first-order valence-electron chi connectivity index (χ1n) is 8.41. The molecule has 0 spiro atoms. The van der Waals surface area contributed by atoms with Gasteiger partial charge in [0.1, 0.15) is 5.25 Å². The Morgan fingerprint density at radius 1 is 1.14 bits per heavy atom. The van der Waals surface area contributed by atoms with Gasteiger partial charge in [-0.1, -0.05) is 0 Å². The Morgan fingerprint density at radius 3 is 2.29 bits per heavy atom. The van der Waals surface area contributed by atoms with Crippen LogP contribution in [0.3, 0.4) is 0 Å². The van der Waals surface area contributed by atoms with Crippen molar-refractivity contribution >= 4 is 40.7 Å². The Hall–Kier alpha value is -3.07. The third kappa shape index (κ3) is 6.27. The molecule has 1 amide bonds. The van der Waals surface area contributed by atoms with Crippen molar-refractivity contribution in [2.75, 3.05) is 30.9 Å². The fourth-order valence-corrected chi connectivity index (χ4v) is 3.06. The van der Waals surface area contributed by atoms with Crippen LogP contribution in [0.15, 0.2) is 53.4 Å². The number of hydrogen-bond donors (Lipinski definition) is 1. The highest BCUT2D eigenvalue weighted by atomic mass is 32.2. The predicted molar refractivity (Wildman–Crippen MR) is 109 cm³/mol. The van der Waals surface area contributed by atoms with Gasteiger partial charge >= 0.3 is 5.97 Å². The minimum atomic E-state index is -0.561. The van der Waals surface area contributed by atoms with Gasteiger partial charge in [-0.05, 0) is 43.3 Å². The van der Waals surface area contributed by atoms with E-state index in [0.29, 0.717) is 10.6 Å². The first-order chi connectivity index (χ1) is 13.3. The maximum absolute atomic E-state index is 12.1. The predicted octanol–water partition coefficient (Wildman–Crippen LogP) is 3.32. The summed E-state index contributed by atoms with van der Waals surface area (Å²) < 4.78 is 5.05. The monoisotopic (exact) mass is 403 g/mol. The first kappa shape index (κ1) is 21.2. The van der Waals surface area contributed by atoms with E-state index in [0.717, 1.165) is 5.69 Å². The van der Waals surface area contributed by atoms with E-state index in [4.69, 9.17) is 4.74 Å². The lowest BCUT2D eigenvalue weighted by molar-refractivity contribution is -0.384. The molecule has 0 aliphatic rings. The molecule has 0 radical (unpaired) electrons. The topological polar surface area (TPSA) is 102 Å². The zero-order valence-corrected chi connectivity index (χ0v) is 16.6. The summed E-state index contributed by atoms with van der Waals surface area (Å²) in [6, 6.07) is 13.1. The van der Waals surface area contributed by atoms with E-state index in [1.165, 1.54) is 23.9 Å². The molecule has 0 bridgehead atoms. The number of nitrogens with one attached hydrogen (secondary N) is 1. The Kier molecular flexibility index (Phi) is 7.39. The van der Waals surface area contributed by atoms with Crippen molar-refractivity contribution in [1.29, 1.82) is 0 Å². The van der Waals surface area contributed by atoms with Crippen LogP contribution in [0.25, 0.3) is 0 Å². The Morgan fingerprint density at radius 2 is 1.75 bits per heavy atom. The number of anilines is 2. The summed E-state index contributed by atoms with van der Waals surface area (Å²) in [5.41, 5.74) is 1.59. The summed E-state index contributed by atoms with van der Waals surface area (Å²) in [5.74, 6) is -0.972. The van der Waals surface area contributed by atoms with Crippen LogP contribution < -0.4 is 10.2 Å². The second kappa shape index (κ2) is 9.75. The number of nitro benzene ring substituents is 1. The third-order valence-electron chi connectivity index (χ3n) is 3.71. The normalized spacial score (nSPS) is 11.4. The Bertz CT molecular complexity index is 838. The molecular weight excluding hydrogens is 382 g/mol. The maximum atomic E-state index is 12.1. The molecule has 8 nitrogen and oxygen atoms in total. The number of thioether (sulfide) groups is 1. The first-order valence-corrected chi connectivity index (χ1v) is 9.29. The lowest BCUT2D eigenvalue weighted by atomic mass is 10.2. The lowest BCUT2D eigenvalue weighted by Gasteiger charge is -2.13. The quantitative estimate of drug-likeness (QED) is 0.312. The van der Waals surface area contributed by atoms with Gasteiger partial charge in [0.15, 0.2) is 6.61 Å². The number of rotatable bonds is 8. The molecule has 0 heterocycles. The molecule has 0 aliphatic heterocycles. The number of carbonyl (C=O) groups excluding carboxylic acids is 2. The molecule has 28 heavy (non-hydrogen) atoms. The summed E-state index contributed by atoms with van der Waals surface area (Å²) in [7, 11) is 3.84. The van der Waals surface area contributed by atoms with Gasteiger partial charge in [-0.3, -0.25) is 19.7 Å².